The number of nitrogens with zero attached hydrogens (tertiary/aromatic N) is 2. The first-order valence-electron chi connectivity index (χ1n) is 16.8. The highest BCUT2D eigenvalue weighted by molar-refractivity contribution is 8.31. The molecule has 2 heterocycles. The zero-order valence-corrected chi connectivity index (χ0v) is 31.7. The SMILES string of the molecule is CC(C)(C)OC(=O)N1CCOCC1.CCOS(c1ccccc1)(c1ccccc1)C(C)(C)C.Cc1cccc2c(C(C)(C)NC=O)noc12.[HH]. The minimum Gasteiger partial charge on any atom is -0.444 e. The zero-order chi connectivity index (χ0) is 36.3. The van der Waals surface area contributed by atoms with Gasteiger partial charge in [-0.25, -0.2) is 4.79 Å². The molecule has 1 N–H and O–H groups in total. The highest BCUT2D eigenvalue weighted by Gasteiger charge is 2.41. The Morgan fingerprint density at radius 2 is 1.45 bits per heavy atom. The van der Waals surface area contributed by atoms with Crippen molar-refractivity contribution in [1.82, 2.24) is 15.4 Å². The Balaban J connectivity index is 0.000000264. The summed E-state index contributed by atoms with van der Waals surface area (Å²) < 4.78 is 22.1. The number of ether oxygens (including phenoxy) is 2. The number of nitrogens with one attached hydrogen (secondary N) is 1. The number of morpholine rings is 1. The summed E-state index contributed by atoms with van der Waals surface area (Å²) in [7, 11) is -1.52. The molecular weight excluding hydrogens is 639 g/mol. The van der Waals surface area contributed by atoms with Gasteiger partial charge in [-0.15, -0.1) is 0 Å². The Bertz CT molecular complexity index is 1570. The van der Waals surface area contributed by atoms with Crippen LogP contribution in [0.15, 0.2) is 93.2 Å². The summed E-state index contributed by atoms with van der Waals surface area (Å²) in [6.45, 7) is 23.5. The largest absolute Gasteiger partial charge is 0.444 e. The summed E-state index contributed by atoms with van der Waals surface area (Å²) in [5, 5.41) is 7.73. The lowest BCUT2D eigenvalue weighted by Crippen LogP contribution is -2.43. The van der Waals surface area contributed by atoms with Gasteiger partial charge < -0.3 is 28.4 Å². The first kappa shape index (κ1) is 39.6. The van der Waals surface area contributed by atoms with E-state index in [1.807, 2.05) is 59.7 Å². The van der Waals surface area contributed by atoms with E-state index in [0.29, 0.717) is 32.7 Å². The third kappa shape index (κ3) is 10.3. The van der Waals surface area contributed by atoms with Crippen molar-refractivity contribution in [2.75, 3.05) is 32.9 Å². The maximum atomic E-state index is 11.5. The normalized spacial score (nSPS) is 14.1. The number of benzene rings is 3. The number of aryl methyl sites for hydroxylation is 1. The molecule has 1 saturated heterocycles. The Labute approximate surface area is 295 Å². The average Bonchev–Trinajstić information content (AvgIpc) is 3.51. The molecule has 0 unspecified atom stereocenters. The van der Waals surface area contributed by atoms with E-state index in [1.54, 1.807) is 4.90 Å². The molecule has 5 rings (SSSR count). The summed E-state index contributed by atoms with van der Waals surface area (Å²) in [6, 6.07) is 27.2. The Morgan fingerprint density at radius 1 is 0.898 bits per heavy atom. The number of fused-ring (bicyclic) bond motifs is 1. The van der Waals surface area contributed by atoms with E-state index in [2.05, 4.69) is 98.8 Å². The van der Waals surface area contributed by atoms with Crippen molar-refractivity contribution in [2.45, 2.75) is 94.9 Å². The molecule has 3 aromatic carbocycles. The van der Waals surface area contributed by atoms with Crippen LogP contribution in [0.25, 0.3) is 11.0 Å². The van der Waals surface area contributed by atoms with E-state index < -0.39 is 21.4 Å². The number of hydrogen-bond donors (Lipinski definition) is 1. The summed E-state index contributed by atoms with van der Waals surface area (Å²) in [5.74, 6) is 0. The fraction of sp³-hybridized carbons (Fsp3) is 0.462. The second-order valence-electron chi connectivity index (χ2n) is 14.2. The lowest BCUT2D eigenvalue weighted by atomic mass is 9.97. The highest BCUT2D eigenvalue weighted by atomic mass is 32.3. The van der Waals surface area contributed by atoms with Crippen LogP contribution in [0.5, 0.6) is 0 Å². The first-order chi connectivity index (χ1) is 23.1. The zero-order valence-electron chi connectivity index (χ0n) is 30.9. The number of aromatic nitrogens is 1. The number of carbonyl (C=O) groups is 2. The summed E-state index contributed by atoms with van der Waals surface area (Å²) in [5.41, 5.74) is 1.63. The van der Waals surface area contributed by atoms with Crippen LogP contribution in [0, 0.1) is 6.92 Å². The van der Waals surface area contributed by atoms with Crippen LogP contribution in [0.1, 0.15) is 75.0 Å². The Hall–Kier alpha value is -3.86. The molecule has 0 saturated carbocycles. The van der Waals surface area contributed by atoms with Crippen LogP contribution in [0.3, 0.4) is 0 Å². The van der Waals surface area contributed by atoms with E-state index in [0.717, 1.165) is 28.8 Å². The predicted octanol–water partition coefficient (Wildman–Crippen LogP) is 9.28. The topological polar surface area (TPSA) is 103 Å². The fourth-order valence-electron chi connectivity index (χ4n) is 5.40. The summed E-state index contributed by atoms with van der Waals surface area (Å²) >= 11 is 0. The van der Waals surface area contributed by atoms with Gasteiger partial charge in [-0.1, -0.05) is 64.0 Å². The second-order valence-corrected chi connectivity index (χ2v) is 17.7. The fourth-order valence-corrected chi connectivity index (χ4v) is 9.14. The minimum atomic E-state index is -1.52. The molecular formula is C39H57N3O6S. The molecule has 270 valence electrons. The van der Waals surface area contributed by atoms with Crippen molar-refractivity contribution in [3.63, 3.8) is 0 Å². The van der Waals surface area contributed by atoms with Crippen LogP contribution >= 0.6 is 10.3 Å². The molecule has 0 bridgehead atoms. The molecule has 4 aromatic rings. The predicted molar refractivity (Wildman–Crippen MR) is 200 cm³/mol. The third-order valence-corrected chi connectivity index (χ3v) is 11.9. The lowest BCUT2D eigenvalue weighted by Gasteiger charge is -2.50. The van der Waals surface area contributed by atoms with Crippen molar-refractivity contribution in [3.05, 3.63) is 90.1 Å². The number of rotatable bonds is 7. The molecule has 1 fully saturated rings. The van der Waals surface area contributed by atoms with Crippen LogP contribution < -0.4 is 5.32 Å². The Morgan fingerprint density at radius 3 is 1.92 bits per heavy atom. The van der Waals surface area contributed by atoms with E-state index in [1.165, 1.54) is 9.79 Å². The number of hydrogen-bond acceptors (Lipinski definition) is 7. The van der Waals surface area contributed by atoms with E-state index in [-0.39, 0.29) is 12.3 Å². The minimum absolute atomic E-state index is 0. The summed E-state index contributed by atoms with van der Waals surface area (Å²) in [6.07, 6.45) is 0.437. The van der Waals surface area contributed by atoms with Crippen molar-refractivity contribution in [3.8, 4) is 0 Å². The summed E-state index contributed by atoms with van der Waals surface area (Å²) in [4.78, 5) is 26.3. The maximum absolute atomic E-state index is 11.5. The highest BCUT2D eigenvalue weighted by Crippen LogP contribution is 2.71. The van der Waals surface area contributed by atoms with Gasteiger partial charge in [0.2, 0.25) is 6.41 Å². The van der Waals surface area contributed by atoms with E-state index in [9.17, 15) is 9.59 Å². The van der Waals surface area contributed by atoms with Gasteiger partial charge in [-0.2, -0.15) is 0 Å². The van der Waals surface area contributed by atoms with Gasteiger partial charge in [0.05, 0.1) is 25.4 Å². The average molecular weight is 696 g/mol. The molecule has 1 aliphatic rings. The molecule has 10 heteroatoms. The smallest absolute Gasteiger partial charge is 0.410 e. The van der Waals surface area contributed by atoms with Crippen molar-refractivity contribution in [1.29, 1.82) is 0 Å². The second kappa shape index (κ2) is 17.2. The molecule has 2 amide bonds. The standard InChI is InChI=1S/C18H24OS.C12H14N2O2.C9H17NO3.H2/c1-5-19-20(18(2,3)4,16-12-8-6-9-13-16)17-14-10-7-11-15-17;1-8-5-4-6-9-10(8)16-14-11(9)12(2,3)13-7-15;1-9(2,3)13-8(11)10-4-6-12-7-5-10;/h6-15H,5H2,1-4H3;4-7H,1-3H3,(H,13,15);4-7H2,1-3H3;1H. The van der Waals surface area contributed by atoms with Gasteiger partial charge in [0.1, 0.15) is 11.3 Å². The van der Waals surface area contributed by atoms with Gasteiger partial charge in [-0.05, 0) is 105 Å². The molecule has 9 nitrogen and oxygen atoms in total. The number of carbonyl (C=O) groups excluding carboxylic acids is 2. The van der Waals surface area contributed by atoms with Crippen molar-refractivity contribution < 1.29 is 29.2 Å². The molecule has 0 radical (unpaired) electrons. The lowest BCUT2D eigenvalue weighted by molar-refractivity contribution is -0.111. The Kier molecular flexibility index (Phi) is 13.9. The van der Waals surface area contributed by atoms with Gasteiger partial charge in [0, 0.05) is 34.4 Å². The van der Waals surface area contributed by atoms with Crippen LogP contribution in [0.2, 0.25) is 0 Å². The molecule has 1 aromatic heterocycles. The molecule has 0 atom stereocenters. The van der Waals surface area contributed by atoms with Gasteiger partial charge in [0.25, 0.3) is 0 Å². The van der Waals surface area contributed by atoms with Crippen LogP contribution in [-0.2, 0) is 24.0 Å². The monoisotopic (exact) mass is 695 g/mol. The molecule has 0 spiro atoms. The van der Waals surface area contributed by atoms with Crippen LogP contribution in [-0.4, -0.2) is 65.8 Å². The van der Waals surface area contributed by atoms with Crippen LogP contribution in [0.4, 0.5) is 4.79 Å². The van der Waals surface area contributed by atoms with Gasteiger partial charge >= 0.3 is 6.09 Å². The van der Waals surface area contributed by atoms with Gasteiger partial charge in [0.15, 0.2) is 5.58 Å². The number of para-hydroxylation sites is 1. The van der Waals surface area contributed by atoms with E-state index >= 15 is 0 Å². The molecule has 49 heavy (non-hydrogen) atoms. The molecule has 1 aliphatic heterocycles. The third-order valence-electron chi connectivity index (χ3n) is 7.68. The number of amides is 2. The molecule has 0 aliphatic carbocycles. The van der Waals surface area contributed by atoms with Crippen molar-refractivity contribution in [2.24, 2.45) is 0 Å². The first-order valence-corrected chi connectivity index (χ1v) is 18.3. The van der Waals surface area contributed by atoms with E-state index in [4.69, 9.17) is 18.2 Å². The maximum Gasteiger partial charge on any atom is 0.410 e. The van der Waals surface area contributed by atoms with Gasteiger partial charge in [-0.3, -0.25) is 4.79 Å². The van der Waals surface area contributed by atoms with Crippen molar-refractivity contribution >= 4 is 33.8 Å². The quantitative estimate of drug-likeness (QED) is 0.192.